The van der Waals surface area contributed by atoms with E-state index >= 15 is 0 Å². The van der Waals surface area contributed by atoms with Gasteiger partial charge in [0.2, 0.25) is 0 Å². The standard InChI is InChI=1S/C23H27N3O/c1-25(18-22-14-8-9-15-27-22)16-20-17-26(21-12-6-3-7-13-21)24-23(20)19-10-4-2-5-11-19/h2-7,10-13,17,22H,8-9,14-16,18H2,1H3/p+1/t22-/m1/s1. The highest BCUT2D eigenvalue weighted by atomic mass is 16.5. The highest BCUT2D eigenvalue weighted by molar-refractivity contribution is 5.63. The molecule has 0 saturated carbocycles. The van der Waals surface area contributed by atoms with Crippen LogP contribution in [0.5, 0.6) is 0 Å². The Morgan fingerprint density at radius 2 is 1.78 bits per heavy atom. The largest absolute Gasteiger partial charge is 0.372 e. The Kier molecular flexibility index (Phi) is 5.66. The number of likely N-dealkylation sites (N-methyl/N-ethyl adjacent to an activating group) is 1. The van der Waals surface area contributed by atoms with Crippen molar-refractivity contribution in [2.24, 2.45) is 0 Å². The summed E-state index contributed by atoms with van der Waals surface area (Å²) in [4.78, 5) is 1.46. The number of para-hydroxylation sites is 1. The Morgan fingerprint density at radius 1 is 1.04 bits per heavy atom. The fraction of sp³-hybridized carbons (Fsp3) is 0.348. The molecule has 1 aliphatic rings. The zero-order chi connectivity index (χ0) is 18.5. The van der Waals surface area contributed by atoms with Gasteiger partial charge in [0.25, 0.3) is 0 Å². The van der Waals surface area contributed by atoms with E-state index in [1.807, 2.05) is 10.7 Å². The highest BCUT2D eigenvalue weighted by Crippen LogP contribution is 2.23. The van der Waals surface area contributed by atoms with E-state index in [-0.39, 0.29) is 0 Å². The summed E-state index contributed by atoms with van der Waals surface area (Å²) < 4.78 is 7.94. The molecule has 1 aliphatic heterocycles. The average molecular weight is 362 g/mol. The second-order valence-electron chi connectivity index (χ2n) is 7.48. The lowest BCUT2D eigenvalue weighted by Gasteiger charge is -2.25. The summed E-state index contributed by atoms with van der Waals surface area (Å²) in [6.45, 7) is 2.90. The molecule has 1 fully saturated rings. The molecule has 4 nitrogen and oxygen atoms in total. The molecule has 0 aliphatic carbocycles. The van der Waals surface area contributed by atoms with Gasteiger partial charge in [-0.25, -0.2) is 4.68 Å². The second-order valence-corrected chi connectivity index (χ2v) is 7.48. The maximum Gasteiger partial charge on any atom is 0.106 e. The van der Waals surface area contributed by atoms with Crippen LogP contribution in [0.25, 0.3) is 16.9 Å². The molecule has 4 heteroatoms. The van der Waals surface area contributed by atoms with Crippen LogP contribution in [-0.4, -0.2) is 36.1 Å². The Hall–Kier alpha value is -2.43. The molecule has 1 unspecified atom stereocenters. The van der Waals surface area contributed by atoms with Crippen LogP contribution in [0.4, 0.5) is 0 Å². The van der Waals surface area contributed by atoms with E-state index in [4.69, 9.17) is 9.84 Å². The van der Waals surface area contributed by atoms with E-state index in [0.29, 0.717) is 6.10 Å². The predicted molar refractivity (Wildman–Crippen MR) is 108 cm³/mol. The molecule has 0 bridgehead atoms. The van der Waals surface area contributed by atoms with E-state index in [9.17, 15) is 0 Å². The second kappa shape index (κ2) is 8.51. The molecule has 1 N–H and O–H groups in total. The van der Waals surface area contributed by atoms with E-state index in [1.54, 1.807) is 0 Å². The molecule has 4 rings (SSSR count). The minimum Gasteiger partial charge on any atom is -0.372 e. The highest BCUT2D eigenvalue weighted by Gasteiger charge is 2.21. The molecule has 1 saturated heterocycles. The average Bonchev–Trinajstić information content (AvgIpc) is 3.14. The summed E-state index contributed by atoms with van der Waals surface area (Å²) in [5, 5.41) is 4.92. The molecule has 140 valence electrons. The number of ether oxygens (including phenoxy) is 1. The summed E-state index contributed by atoms with van der Waals surface area (Å²) in [5.74, 6) is 0. The third kappa shape index (κ3) is 4.46. The van der Waals surface area contributed by atoms with Crippen molar-refractivity contribution in [1.29, 1.82) is 0 Å². The minimum absolute atomic E-state index is 0.392. The van der Waals surface area contributed by atoms with Crippen molar-refractivity contribution >= 4 is 0 Å². The molecule has 3 aromatic rings. The van der Waals surface area contributed by atoms with E-state index < -0.39 is 0 Å². The van der Waals surface area contributed by atoms with Gasteiger partial charge < -0.3 is 9.64 Å². The summed E-state index contributed by atoms with van der Waals surface area (Å²) in [6, 6.07) is 20.8. The number of aromatic nitrogens is 2. The molecule has 0 spiro atoms. The van der Waals surface area contributed by atoms with Crippen molar-refractivity contribution < 1.29 is 9.64 Å². The van der Waals surface area contributed by atoms with Crippen molar-refractivity contribution in [3.63, 3.8) is 0 Å². The quantitative estimate of drug-likeness (QED) is 0.731. The lowest BCUT2D eigenvalue weighted by Crippen LogP contribution is -3.08. The molecule has 2 heterocycles. The van der Waals surface area contributed by atoms with Crippen LogP contribution in [0.15, 0.2) is 66.9 Å². The topological polar surface area (TPSA) is 31.5 Å². The summed E-state index contributed by atoms with van der Waals surface area (Å²) >= 11 is 0. The molecule has 1 aromatic heterocycles. The van der Waals surface area contributed by atoms with Crippen LogP contribution in [0.3, 0.4) is 0 Å². The summed E-state index contributed by atoms with van der Waals surface area (Å²) in [5.41, 5.74) is 4.61. The molecule has 2 atom stereocenters. The van der Waals surface area contributed by atoms with E-state index in [0.717, 1.165) is 31.1 Å². The van der Waals surface area contributed by atoms with Gasteiger partial charge >= 0.3 is 0 Å². The van der Waals surface area contributed by atoms with Crippen molar-refractivity contribution in [2.75, 3.05) is 20.2 Å². The van der Waals surface area contributed by atoms with Crippen molar-refractivity contribution in [1.82, 2.24) is 9.78 Å². The van der Waals surface area contributed by atoms with Crippen molar-refractivity contribution in [3.8, 4) is 16.9 Å². The lowest BCUT2D eigenvalue weighted by atomic mass is 10.1. The molecular weight excluding hydrogens is 334 g/mol. The van der Waals surface area contributed by atoms with Crippen LogP contribution in [-0.2, 0) is 11.3 Å². The number of quaternary nitrogens is 1. The molecule has 2 aromatic carbocycles. The monoisotopic (exact) mass is 362 g/mol. The Morgan fingerprint density at radius 3 is 2.48 bits per heavy atom. The van der Waals surface area contributed by atoms with Gasteiger partial charge in [-0.3, -0.25) is 0 Å². The normalized spacial score (nSPS) is 18.3. The van der Waals surface area contributed by atoms with Crippen LogP contribution >= 0.6 is 0 Å². The van der Waals surface area contributed by atoms with Gasteiger partial charge in [0.05, 0.1) is 18.3 Å². The van der Waals surface area contributed by atoms with Gasteiger partial charge in [-0.2, -0.15) is 5.10 Å². The van der Waals surface area contributed by atoms with Gasteiger partial charge in [-0.1, -0.05) is 48.5 Å². The Bertz CT molecular complexity index is 839. The zero-order valence-electron chi connectivity index (χ0n) is 16.0. The number of nitrogens with zero attached hydrogens (tertiary/aromatic N) is 2. The first-order valence-electron chi connectivity index (χ1n) is 9.92. The van der Waals surface area contributed by atoms with Crippen molar-refractivity contribution in [2.45, 2.75) is 31.9 Å². The fourth-order valence-electron chi connectivity index (χ4n) is 3.85. The maximum absolute atomic E-state index is 5.93. The smallest absolute Gasteiger partial charge is 0.106 e. The first-order chi connectivity index (χ1) is 13.3. The van der Waals surface area contributed by atoms with Gasteiger partial charge in [0, 0.05) is 18.4 Å². The van der Waals surface area contributed by atoms with E-state index in [1.165, 1.54) is 35.3 Å². The Balaban J connectivity index is 1.59. The molecule has 0 radical (unpaired) electrons. The third-order valence-electron chi connectivity index (χ3n) is 5.20. The number of hydrogen-bond donors (Lipinski definition) is 1. The van der Waals surface area contributed by atoms with Gasteiger partial charge in [-0.15, -0.1) is 0 Å². The number of hydrogen-bond acceptors (Lipinski definition) is 2. The minimum atomic E-state index is 0.392. The fourth-order valence-corrected chi connectivity index (χ4v) is 3.85. The predicted octanol–water partition coefficient (Wildman–Crippen LogP) is 3.12. The van der Waals surface area contributed by atoms with Gasteiger partial charge in [-0.05, 0) is 31.4 Å². The number of nitrogens with one attached hydrogen (secondary N) is 1. The Labute approximate surface area is 161 Å². The van der Waals surface area contributed by atoms with Crippen LogP contribution in [0.1, 0.15) is 24.8 Å². The van der Waals surface area contributed by atoms with Crippen LogP contribution in [0, 0.1) is 0 Å². The van der Waals surface area contributed by atoms with Crippen LogP contribution in [0.2, 0.25) is 0 Å². The zero-order valence-corrected chi connectivity index (χ0v) is 16.0. The van der Waals surface area contributed by atoms with Crippen LogP contribution < -0.4 is 4.90 Å². The maximum atomic E-state index is 5.93. The molecular formula is C23H28N3O+. The van der Waals surface area contributed by atoms with Gasteiger partial charge in [0.1, 0.15) is 24.9 Å². The summed E-state index contributed by atoms with van der Waals surface area (Å²) in [6.07, 6.45) is 6.26. The number of benzene rings is 2. The first kappa shape index (κ1) is 18.0. The SMILES string of the molecule is C[NH+](Cc1cn(-c2ccccc2)nc1-c1ccccc1)C[C@H]1CCCCO1. The van der Waals surface area contributed by atoms with Crippen molar-refractivity contribution in [3.05, 3.63) is 72.4 Å². The molecule has 0 amide bonds. The summed E-state index contributed by atoms with van der Waals surface area (Å²) in [7, 11) is 2.26. The lowest BCUT2D eigenvalue weighted by molar-refractivity contribution is -0.897. The molecule has 27 heavy (non-hydrogen) atoms. The van der Waals surface area contributed by atoms with E-state index in [2.05, 4.69) is 67.8 Å². The first-order valence-corrected chi connectivity index (χ1v) is 9.92. The third-order valence-corrected chi connectivity index (χ3v) is 5.20. The van der Waals surface area contributed by atoms with Gasteiger partial charge in [0.15, 0.2) is 0 Å². The number of rotatable bonds is 6.